The molecule has 1 N–H and O–H groups in total. The first-order valence-electron chi connectivity index (χ1n) is 7.47. The summed E-state index contributed by atoms with van der Waals surface area (Å²) < 4.78 is 1.29. The van der Waals surface area contributed by atoms with Crippen LogP contribution in [0.4, 0.5) is 10.5 Å². The highest BCUT2D eigenvalue weighted by Gasteiger charge is 2.24. The molecule has 3 rings (SSSR count). The molecular formula is C18H12Cl3N3O2. The molecule has 0 aliphatic heterocycles. The average Bonchev–Trinajstić information content (AvgIpc) is 2.96. The Morgan fingerprint density at radius 3 is 2.00 bits per heavy atom. The Kier molecular flexibility index (Phi) is 5.52. The van der Waals surface area contributed by atoms with Gasteiger partial charge < -0.3 is 0 Å². The minimum atomic E-state index is -0.735. The molecule has 1 aromatic heterocycles. The number of nitrogens with zero attached hydrogens (tertiary/aromatic N) is 2. The highest BCUT2D eigenvalue weighted by molar-refractivity contribution is 6.35. The van der Waals surface area contributed by atoms with Gasteiger partial charge in [-0.2, -0.15) is 5.01 Å². The van der Waals surface area contributed by atoms with Gasteiger partial charge in [0, 0.05) is 0 Å². The number of carbonyl (C=O) groups excluding carboxylic acids is 2. The first-order valence-corrected chi connectivity index (χ1v) is 8.60. The zero-order chi connectivity index (χ0) is 18.7. The molecule has 132 valence electrons. The summed E-state index contributed by atoms with van der Waals surface area (Å²) in [5, 5.41) is 4.12. The molecule has 0 spiro atoms. The van der Waals surface area contributed by atoms with E-state index in [1.54, 1.807) is 60.7 Å². The van der Waals surface area contributed by atoms with Crippen LogP contribution in [-0.2, 0) is 0 Å². The quantitative estimate of drug-likeness (QED) is 0.642. The van der Waals surface area contributed by atoms with Crippen LogP contribution in [0, 0.1) is 0 Å². The van der Waals surface area contributed by atoms with Gasteiger partial charge in [0.2, 0.25) is 0 Å². The van der Waals surface area contributed by atoms with Crippen LogP contribution in [0.3, 0.4) is 0 Å². The van der Waals surface area contributed by atoms with E-state index >= 15 is 0 Å². The summed E-state index contributed by atoms with van der Waals surface area (Å²) in [5.41, 5.74) is 0.650. The molecular weight excluding hydrogens is 397 g/mol. The lowest BCUT2D eigenvalue weighted by Crippen LogP contribution is -2.46. The van der Waals surface area contributed by atoms with Crippen molar-refractivity contribution in [1.29, 1.82) is 0 Å². The van der Waals surface area contributed by atoms with Crippen molar-refractivity contribution in [3.05, 3.63) is 87.6 Å². The third-order valence-corrected chi connectivity index (χ3v) is 4.40. The number of nitrogens with one attached hydrogen (secondary N) is 1. The third-order valence-electron chi connectivity index (χ3n) is 3.50. The molecule has 0 fully saturated rings. The first kappa shape index (κ1) is 18.3. The lowest BCUT2D eigenvalue weighted by atomic mass is 10.2. The van der Waals surface area contributed by atoms with Crippen LogP contribution in [0.2, 0.25) is 15.3 Å². The van der Waals surface area contributed by atoms with E-state index in [2.05, 4.69) is 5.32 Å². The van der Waals surface area contributed by atoms with E-state index in [-0.39, 0.29) is 20.9 Å². The smallest absolute Gasteiger partial charge is 0.272 e. The van der Waals surface area contributed by atoms with E-state index in [0.717, 1.165) is 0 Å². The number of para-hydroxylation sites is 1. The molecule has 0 radical (unpaired) electrons. The highest BCUT2D eigenvalue weighted by atomic mass is 35.5. The number of amides is 3. The van der Waals surface area contributed by atoms with Crippen LogP contribution < -0.4 is 10.3 Å². The maximum atomic E-state index is 12.9. The monoisotopic (exact) mass is 407 g/mol. The van der Waals surface area contributed by atoms with Crippen molar-refractivity contribution in [2.75, 3.05) is 5.01 Å². The largest absolute Gasteiger partial charge is 0.348 e. The Morgan fingerprint density at radius 2 is 1.38 bits per heavy atom. The van der Waals surface area contributed by atoms with Crippen molar-refractivity contribution < 1.29 is 9.59 Å². The van der Waals surface area contributed by atoms with Gasteiger partial charge in [-0.05, 0) is 36.4 Å². The lowest BCUT2D eigenvalue weighted by molar-refractivity contribution is 0.0965. The van der Waals surface area contributed by atoms with Crippen molar-refractivity contribution in [1.82, 2.24) is 9.99 Å². The standard InChI is InChI=1S/C18H12Cl3N3O2/c19-14-9-5-4-8-13(14)17(25)22-18(26)23(12-6-2-1-3-7-12)24-15(20)10-11-16(24)21/h1-11H,(H,22,25,26). The summed E-state index contributed by atoms with van der Waals surface area (Å²) in [4.78, 5) is 25.3. The molecule has 0 aliphatic rings. The number of halogens is 3. The Labute approximate surface area is 164 Å². The number of carbonyl (C=O) groups is 2. The van der Waals surface area contributed by atoms with E-state index in [1.807, 2.05) is 0 Å². The Hall–Kier alpha value is -2.47. The van der Waals surface area contributed by atoms with E-state index < -0.39 is 11.9 Å². The summed E-state index contributed by atoms with van der Waals surface area (Å²) in [7, 11) is 0. The number of benzene rings is 2. The van der Waals surface area contributed by atoms with E-state index in [0.29, 0.717) is 5.69 Å². The van der Waals surface area contributed by atoms with Gasteiger partial charge in [-0.3, -0.25) is 10.1 Å². The van der Waals surface area contributed by atoms with Crippen molar-refractivity contribution in [2.45, 2.75) is 0 Å². The molecule has 8 heteroatoms. The fourth-order valence-electron chi connectivity index (χ4n) is 2.33. The van der Waals surface area contributed by atoms with Crippen LogP contribution in [0.1, 0.15) is 10.4 Å². The van der Waals surface area contributed by atoms with Gasteiger partial charge in [-0.15, -0.1) is 0 Å². The van der Waals surface area contributed by atoms with E-state index in [1.165, 1.54) is 15.8 Å². The second-order valence-electron chi connectivity index (χ2n) is 5.18. The molecule has 3 aromatic rings. The lowest BCUT2D eigenvalue weighted by Gasteiger charge is -2.25. The summed E-state index contributed by atoms with van der Waals surface area (Å²) >= 11 is 18.3. The molecule has 1 heterocycles. The normalized spacial score (nSPS) is 10.4. The maximum Gasteiger partial charge on any atom is 0.348 e. The predicted octanol–water partition coefficient (Wildman–Crippen LogP) is 5.27. The van der Waals surface area contributed by atoms with Crippen LogP contribution in [0.15, 0.2) is 66.7 Å². The minimum Gasteiger partial charge on any atom is -0.272 e. The number of anilines is 1. The SMILES string of the molecule is O=C(NC(=O)N(c1ccccc1)n1c(Cl)ccc1Cl)c1ccccc1Cl. The van der Waals surface area contributed by atoms with Crippen molar-refractivity contribution in [3.8, 4) is 0 Å². The predicted molar refractivity (Wildman–Crippen MR) is 103 cm³/mol. The summed E-state index contributed by atoms with van der Waals surface area (Å²) in [6.45, 7) is 0. The molecule has 0 saturated carbocycles. The second-order valence-corrected chi connectivity index (χ2v) is 6.36. The molecule has 5 nitrogen and oxygen atoms in total. The number of imide groups is 1. The summed E-state index contributed by atoms with van der Waals surface area (Å²) in [5.74, 6) is -0.638. The number of rotatable bonds is 3. The zero-order valence-corrected chi connectivity index (χ0v) is 15.5. The van der Waals surface area contributed by atoms with E-state index in [9.17, 15) is 9.59 Å². The van der Waals surface area contributed by atoms with E-state index in [4.69, 9.17) is 34.8 Å². The number of hydrogen-bond donors (Lipinski definition) is 1. The summed E-state index contributed by atoms with van der Waals surface area (Å²) in [6.07, 6.45) is 0. The van der Waals surface area contributed by atoms with Gasteiger partial charge in [0.25, 0.3) is 5.91 Å². The van der Waals surface area contributed by atoms with Crippen molar-refractivity contribution in [3.63, 3.8) is 0 Å². The van der Waals surface area contributed by atoms with Gasteiger partial charge in [0.1, 0.15) is 10.3 Å². The number of hydrogen-bond acceptors (Lipinski definition) is 2. The molecule has 0 aliphatic carbocycles. The Bertz CT molecular complexity index is 938. The first-order chi connectivity index (χ1) is 12.5. The molecule has 2 aromatic carbocycles. The van der Waals surface area contributed by atoms with Gasteiger partial charge >= 0.3 is 6.03 Å². The third kappa shape index (κ3) is 3.70. The molecule has 0 bridgehead atoms. The summed E-state index contributed by atoms with van der Waals surface area (Å²) in [6, 6.07) is 17.5. The maximum absolute atomic E-state index is 12.9. The highest BCUT2D eigenvalue weighted by Crippen LogP contribution is 2.25. The van der Waals surface area contributed by atoms with Gasteiger partial charge in [0.15, 0.2) is 0 Å². The number of urea groups is 1. The Balaban J connectivity index is 1.96. The number of aromatic nitrogens is 1. The van der Waals surface area contributed by atoms with Gasteiger partial charge in [0.05, 0.1) is 16.3 Å². The molecule has 26 heavy (non-hydrogen) atoms. The van der Waals surface area contributed by atoms with Gasteiger partial charge in [-0.1, -0.05) is 65.1 Å². The molecule has 0 unspecified atom stereocenters. The fourth-order valence-corrected chi connectivity index (χ4v) is 3.05. The van der Waals surface area contributed by atoms with Crippen LogP contribution >= 0.6 is 34.8 Å². The van der Waals surface area contributed by atoms with Gasteiger partial charge in [-0.25, -0.2) is 9.47 Å². The molecule has 0 saturated heterocycles. The van der Waals surface area contributed by atoms with Crippen molar-refractivity contribution in [2.24, 2.45) is 0 Å². The zero-order valence-electron chi connectivity index (χ0n) is 13.2. The fraction of sp³-hybridized carbons (Fsp3) is 0. The van der Waals surface area contributed by atoms with Crippen molar-refractivity contribution >= 4 is 52.4 Å². The van der Waals surface area contributed by atoms with Crippen LogP contribution in [0.25, 0.3) is 0 Å². The second kappa shape index (κ2) is 7.83. The van der Waals surface area contributed by atoms with Crippen LogP contribution in [0.5, 0.6) is 0 Å². The Morgan fingerprint density at radius 1 is 0.808 bits per heavy atom. The minimum absolute atomic E-state index is 0.181. The van der Waals surface area contributed by atoms with Crippen LogP contribution in [-0.4, -0.2) is 16.6 Å². The molecule has 3 amide bonds. The topological polar surface area (TPSA) is 54.3 Å². The average molecular weight is 409 g/mol. The molecule has 0 atom stereocenters.